The van der Waals surface area contributed by atoms with E-state index in [1.807, 2.05) is 24.3 Å². The van der Waals surface area contributed by atoms with Gasteiger partial charge in [-0.15, -0.1) is 11.3 Å². The number of thiophene rings is 1. The minimum atomic E-state index is -0.0382. The monoisotopic (exact) mass is 409 g/mol. The second-order valence-corrected chi connectivity index (χ2v) is 8.33. The second-order valence-electron chi connectivity index (χ2n) is 7.24. The quantitative estimate of drug-likeness (QED) is 0.589. The lowest BCUT2D eigenvalue weighted by molar-refractivity contribution is 0.0949. The number of hydrogen-bond donors (Lipinski definition) is 2. The third-order valence-corrected chi connectivity index (χ3v) is 6.72. The molecule has 0 fully saturated rings. The van der Waals surface area contributed by atoms with Gasteiger partial charge in [0.05, 0.1) is 5.39 Å². The predicted octanol–water partition coefficient (Wildman–Crippen LogP) is 4.00. The molecule has 2 heterocycles. The van der Waals surface area contributed by atoms with Gasteiger partial charge in [-0.05, 0) is 62.2 Å². The molecule has 6 nitrogen and oxygen atoms in total. The highest BCUT2D eigenvalue weighted by atomic mass is 32.1. The van der Waals surface area contributed by atoms with Crippen molar-refractivity contribution in [2.24, 2.45) is 0 Å². The minimum absolute atomic E-state index is 0.0382. The van der Waals surface area contributed by atoms with E-state index in [1.165, 1.54) is 16.9 Å². The number of amides is 1. The first-order valence-electron chi connectivity index (χ1n) is 10.3. The number of benzene rings is 1. The second kappa shape index (κ2) is 8.88. The summed E-state index contributed by atoms with van der Waals surface area (Å²) in [5.74, 6) is 0.814. The summed E-state index contributed by atoms with van der Waals surface area (Å²) < 4.78 is 0. The fourth-order valence-corrected chi connectivity index (χ4v) is 5.06. The molecule has 1 aliphatic carbocycles. The molecule has 0 saturated heterocycles. The summed E-state index contributed by atoms with van der Waals surface area (Å²) in [6.07, 6.45) is 5.08. The number of nitrogens with one attached hydrogen (secondary N) is 2. The van der Waals surface area contributed by atoms with E-state index in [-0.39, 0.29) is 5.91 Å². The predicted molar refractivity (Wildman–Crippen MR) is 119 cm³/mol. The fourth-order valence-electron chi connectivity index (χ4n) is 3.83. The van der Waals surface area contributed by atoms with Gasteiger partial charge in [-0.1, -0.05) is 13.8 Å². The maximum absolute atomic E-state index is 12.4. The van der Waals surface area contributed by atoms with Gasteiger partial charge in [0.25, 0.3) is 5.91 Å². The van der Waals surface area contributed by atoms with E-state index in [1.54, 1.807) is 17.7 Å². The largest absolute Gasteiger partial charge is 0.351 e. The summed E-state index contributed by atoms with van der Waals surface area (Å²) in [6, 6.07) is 7.57. The Labute approximate surface area is 175 Å². The Morgan fingerprint density at radius 2 is 1.93 bits per heavy atom. The van der Waals surface area contributed by atoms with Crippen molar-refractivity contribution in [3.8, 4) is 0 Å². The first-order chi connectivity index (χ1) is 14.2. The summed E-state index contributed by atoms with van der Waals surface area (Å²) in [6.45, 7) is 7.78. The number of aromatic nitrogens is 2. The molecular formula is C22H27N5OS. The van der Waals surface area contributed by atoms with Gasteiger partial charge in [-0.2, -0.15) is 0 Å². The van der Waals surface area contributed by atoms with Gasteiger partial charge in [0, 0.05) is 29.2 Å². The Balaban J connectivity index is 1.43. The number of fused-ring (bicyclic) bond motifs is 3. The SMILES string of the molecule is CCN(CC)CCNC(=O)c1ccc(Nc2ncnc3sc4c(c23)CCC4)cc1. The van der Waals surface area contributed by atoms with E-state index in [0.717, 1.165) is 54.2 Å². The van der Waals surface area contributed by atoms with Gasteiger partial charge in [-0.25, -0.2) is 9.97 Å². The van der Waals surface area contributed by atoms with Crippen LogP contribution in [0.15, 0.2) is 30.6 Å². The standard InChI is InChI=1S/C22H27N5OS/c1-3-27(4-2)13-12-23-21(28)15-8-10-16(11-9-15)26-20-19-17-6-5-7-18(17)29-22(19)25-14-24-20/h8-11,14H,3-7,12-13H2,1-2H3,(H,23,28)(H,24,25,26). The van der Waals surface area contributed by atoms with Crippen LogP contribution in [-0.4, -0.2) is 47.0 Å². The van der Waals surface area contributed by atoms with Gasteiger partial charge in [0.15, 0.2) is 0 Å². The lowest BCUT2D eigenvalue weighted by atomic mass is 10.1. The van der Waals surface area contributed by atoms with Gasteiger partial charge < -0.3 is 15.5 Å². The van der Waals surface area contributed by atoms with Crippen molar-refractivity contribution in [3.63, 3.8) is 0 Å². The maximum atomic E-state index is 12.4. The molecule has 0 unspecified atom stereocenters. The Bertz CT molecular complexity index is 994. The van der Waals surface area contributed by atoms with E-state index >= 15 is 0 Å². The van der Waals surface area contributed by atoms with Crippen molar-refractivity contribution >= 4 is 39.0 Å². The lowest BCUT2D eigenvalue weighted by Gasteiger charge is -2.18. The summed E-state index contributed by atoms with van der Waals surface area (Å²) in [5, 5.41) is 7.57. The van der Waals surface area contributed by atoms with Crippen molar-refractivity contribution < 1.29 is 4.79 Å². The van der Waals surface area contributed by atoms with E-state index < -0.39 is 0 Å². The van der Waals surface area contributed by atoms with Crippen molar-refractivity contribution in [2.45, 2.75) is 33.1 Å². The number of likely N-dealkylation sites (N-methyl/N-ethyl adjacent to an activating group) is 1. The molecule has 0 bridgehead atoms. The molecule has 2 N–H and O–H groups in total. The molecule has 0 aliphatic heterocycles. The molecule has 1 aromatic carbocycles. The normalized spacial score (nSPS) is 13.1. The molecule has 2 aromatic heterocycles. The molecule has 1 amide bonds. The van der Waals surface area contributed by atoms with Gasteiger partial charge in [0.2, 0.25) is 0 Å². The number of carbonyl (C=O) groups is 1. The van der Waals surface area contributed by atoms with Crippen LogP contribution in [0.5, 0.6) is 0 Å². The van der Waals surface area contributed by atoms with Crippen LogP contribution >= 0.6 is 11.3 Å². The highest BCUT2D eigenvalue weighted by molar-refractivity contribution is 7.19. The van der Waals surface area contributed by atoms with Gasteiger partial charge in [-0.3, -0.25) is 4.79 Å². The molecule has 0 spiro atoms. The average molecular weight is 410 g/mol. The third kappa shape index (κ3) is 4.26. The maximum Gasteiger partial charge on any atom is 0.251 e. The van der Waals surface area contributed by atoms with Gasteiger partial charge >= 0.3 is 0 Å². The van der Waals surface area contributed by atoms with E-state index in [9.17, 15) is 4.79 Å². The number of rotatable bonds is 8. The van der Waals surface area contributed by atoms with Gasteiger partial charge in [0.1, 0.15) is 17.0 Å². The van der Waals surface area contributed by atoms with E-state index in [0.29, 0.717) is 12.1 Å². The van der Waals surface area contributed by atoms with Crippen molar-refractivity contribution in [1.29, 1.82) is 0 Å². The van der Waals surface area contributed by atoms with Crippen molar-refractivity contribution in [3.05, 3.63) is 46.6 Å². The Hall–Kier alpha value is -2.51. The van der Waals surface area contributed by atoms with Crippen LogP contribution in [0.4, 0.5) is 11.5 Å². The molecular weight excluding hydrogens is 382 g/mol. The number of anilines is 2. The molecule has 3 aromatic rings. The van der Waals surface area contributed by atoms with Crippen molar-refractivity contribution in [1.82, 2.24) is 20.2 Å². The fraction of sp³-hybridized carbons (Fsp3) is 0.409. The zero-order valence-electron chi connectivity index (χ0n) is 17.0. The highest BCUT2D eigenvalue weighted by Gasteiger charge is 2.21. The lowest BCUT2D eigenvalue weighted by Crippen LogP contribution is -2.34. The van der Waals surface area contributed by atoms with Crippen molar-refractivity contribution in [2.75, 3.05) is 31.5 Å². The van der Waals surface area contributed by atoms with Crippen LogP contribution in [0.3, 0.4) is 0 Å². The molecule has 0 saturated carbocycles. The summed E-state index contributed by atoms with van der Waals surface area (Å²) >= 11 is 1.78. The van der Waals surface area contributed by atoms with E-state index in [2.05, 4.69) is 39.3 Å². The summed E-state index contributed by atoms with van der Waals surface area (Å²) in [7, 11) is 0. The van der Waals surface area contributed by atoms with Crippen LogP contribution in [0.2, 0.25) is 0 Å². The molecule has 7 heteroatoms. The van der Waals surface area contributed by atoms with Crippen LogP contribution < -0.4 is 10.6 Å². The number of carbonyl (C=O) groups excluding carboxylic acids is 1. The zero-order valence-corrected chi connectivity index (χ0v) is 17.8. The summed E-state index contributed by atoms with van der Waals surface area (Å²) in [5.41, 5.74) is 2.99. The smallest absolute Gasteiger partial charge is 0.251 e. The zero-order chi connectivity index (χ0) is 20.2. The molecule has 0 radical (unpaired) electrons. The Morgan fingerprint density at radius 3 is 2.69 bits per heavy atom. The molecule has 4 rings (SSSR count). The molecule has 0 atom stereocenters. The number of aryl methyl sites for hydroxylation is 2. The van der Waals surface area contributed by atoms with Crippen LogP contribution in [0.25, 0.3) is 10.2 Å². The highest BCUT2D eigenvalue weighted by Crippen LogP contribution is 2.39. The molecule has 29 heavy (non-hydrogen) atoms. The first-order valence-corrected chi connectivity index (χ1v) is 11.1. The van der Waals surface area contributed by atoms with Crippen LogP contribution in [-0.2, 0) is 12.8 Å². The number of hydrogen-bond acceptors (Lipinski definition) is 6. The Morgan fingerprint density at radius 1 is 1.14 bits per heavy atom. The van der Waals surface area contributed by atoms with Crippen LogP contribution in [0, 0.1) is 0 Å². The Kier molecular flexibility index (Phi) is 6.06. The topological polar surface area (TPSA) is 70.2 Å². The minimum Gasteiger partial charge on any atom is -0.351 e. The average Bonchev–Trinajstić information content (AvgIpc) is 3.33. The molecule has 152 valence electrons. The van der Waals surface area contributed by atoms with Crippen LogP contribution in [0.1, 0.15) is 41.1 Å². The first kappa shape index (κ1) is 19.8. The van der Waals surface area contributed by atoms with E-state index in [4.69, 9.17) is 0 Å². The number of nitrogens with zero attached hydrogens (tertiary/aromatic N) is 3. The summed E-state index contributed by atoms with van der Waals surface area (Å²) in [4.78, 5) is 26.1. The third-order valence-electron chi connectivity index (χ3n) is 5.52. The molecule has 1 aliphatic rings.